The Bertz CT molecular complexity index is 175. The molecule has 1 heterocycles. The van der Waals surface area contributed by atoms with E-state index in [1.54, 1.807) is 0 Å². The van der Waals surface area contributed by atoms with E-state index in [0.29, 0.717) is 5.54 Å². The van der Waals surface area contributed by atoms with Crippen molar-refractivity contribution in [2.45, 2.75) is 50.1 Å². The Morgan fingerprint density at radius 2 is 2.23 bits per heavy atom. The molecular weight excluding hydrogens is 160 g/mol. The van der Waals surface area contributed by atoms with E-state index in [9.17, 15) is 0 Å². The first-order valence-electron chi connectivity index (χ1n) is 5.65. The van der Waals surface area contributed by atoms with Gasteiger partial charge in [0.25, 0.3) is 0 Å². The van der Waals surface area contributed by atoms with Crippen LogP contribution >= 0.6 is 0 Å². The first-order valence-corrected chi connectivity index (χ1v) is 5.65. The number of rotatable bonds is 4. The molecule has 2 heteroatoms. The van der Waals surface area contributed by atoms with Crippen LogP contribution in [0.15, 0.2) is 0 Å². The molecule has 1 N–H and O–H groups in total. The predicted octanol–water partition coefficient (Wildman–Crippen LogP) is 1.61. The standard InChI is InChI=1S/C11H22N2/c1-12-11(7-8-11)6-5-10-4-3-9-13(10)2/h10,12H,3-9H2,1-2H3. The predicted molar refractivity (Wildman–Crippen MR) is 55.9 cm³/mol. The van der Waals surface area contributed by atoms with E-state index in [1.165, 1.54) is 45.1 Å². The van der Waals surface area contributed by atoms with Crippen molar-refractivity contribution in [3.8, 4) is 0 Å². The lowest BCUT2D eigenvalue weighted by atomic mass is 10.0. The van der Waals surface area contributed by atoms with E-state index in [0.717, 1.165) is 6.04 Å². The number of hydrogen-bond acceptors (Lipinski definition) is 2. The van der Waals surface area contributed by atoms with Crippen LogP contribution in [0, 0.1) is 0 Å². The van der Waals surface area contributed by atoms with Gasteiger partial charge in [0.05, 0.1) is 0 Å². The van der Waals surface area contributed by atoms with Gasteiger partial charge >= 0.3 is 0 Å². The second-order valence-electron chi connectivity index (χ2n) is 4.85. The minimum atomic E-state index is 0.559. The normalized spacial score (nSPS) is 32.3. The van der Waals surface area contributed by atoms with Crippen LogP contribution in [0.3, 0.4) is 0 Å². The molecule has 0 aromatic heterocycles. The second kappa shape index (κ2) is 3.58. The maximum absolute atomic E-state index is 3.47. The summed E-state index contributed by atoms with van der Waals surface area (Å²) in [6.07, 6.45) is 8.43. The minimum Gasteiger partial charge on any atom is -0.314 e. The Morgan fingerprint density at radius 3 is 2.69 bits per heavy atom. The zero-order chi connectivity index (χ0) is 9.31. The lowest BCUT2D eigenvalue weighted by Gasteiger charge is -2.22. The maximum Gasteiger partial charge on any atom is 0.0180 e. The molecule has 1 saturated heterocycles. The Labute approximate surface area is 81.7 Å². The van der Waals surface area contributed by atoms with E-state index < -0.39 is 0 Å². The van der Waals surface area contributed by atoms with Crippen molar-refractivity contribution in [1.82, 2.24) is 10.2 Å². The summed E-state index contributed by atoms with van der Waals surface area (Å²) < 4.78 is 0. The van der Waals surface area contributed by atoms with Gasteiger partial charge in [-0.3, -0.25) is 0 Å². The molecule has 0 aromatic carbocycles. The highest BCUT2D eigenvalue weighted by atomic mass is 15.1. The molecule has 0 radical (unpaired) electrons. The molecule has 2 nitrogen and oxygen atoms in total. The van der Waals surface area contributed by atoms with Gasteiger partial charge in [-0.05, 0) is 59.2 Å². The van der Waals surface area contributed by atoms with Crippen LogP contribution < -0.4 is 5.32 Å². The summed E-state index contributed by atoms with van der Waals surface area (Å²) in [5.41, 5.74) is 0.559. The van der Waals surface area contributed by atoms with Gasteiger partial charge in [-0.25, -0.2) is 0 Å². The number of nitrogens with one attached hydrogen (secondary N) is 1. The van der Waals surface area contributed by atoms with E-state index in [-0.39, 0.29) is 0 Å². The fourth-order valence-electron chi connectivity index (χ4n) is 2.56. The highest BCUT2D eigenvalue weighted by molar-refractivity contribution is 5.01. The third-order valence-corrected chi connectivity index (χ3v) is 4.01. The van der Waals surface area contributed by atoms with Crippen LogP contribution in [0.25, 0.3) is 0 Å². The molecule has 1 aliphatic carbocycles. The van der Waals surface area contributed by atoms with Gasteiger partial charge in [0.2, 0.25) is 0 Å². The lowest BCUT2D eigenvalue weighted by Crippen LogP contribution is -2.31. The Balaban J connectivity index is 1.73. The molecule has 2 rings (SSSR count). The Morgan fingerprint density at radius 1 is 1.46 bits per heavy atom. The van der Waals surface area contributed by atoms with Crippen LogP contribution in [-0.4, -0.2) is 37.1 Å². The van der Waals surface area contributed by atoms with Gasteiger partial charge in [-0.1, -0.05) is 0 Å². The average Bonchev–Trinajstić information content (AvgIpc) is 2.82. The topological polar surface area (TPSA) is 15.3 Å². The average molecular weight is 182 g/mol. The molecule has 0 amide bonds. The summed E-state index contributed by atoms with van der Waals surface area (Å²) in [4.78, 5) is 2.53. The number of likely N-dealkylation sites (tertiary alicyclic amines) is 1. The highest BCUT2D eigenvalue weighted by Crippen LogP contribution is 2.40. The number of hydrogen-bond donors (Lipinski definition) is 1. The molecule has 76 valence electrons. The zero-order valence-electron chi connectivity index (χ0n) is 8.97. The van der Waals surface area contributed by atoms with Crippen molar-refractivity contribution in [1.29, 1.82) is 0 Å². The number of nitrogens with zero attached hydrogens (tertiary/aromatic N) is 1. The summed E-state index contributed by atoms with van der Waals surface area (Å²) >= 11 is 0. The summed E-state index contributed by atoms with van der Waals surface area (Å²) in [6, 6.07) is 0.880. The third kappa shape index (κ3) is 2.05. The van der Waals surface area contributed by atoms with Crippen LogP contribution in [-0.2, 0) is 0 Å². The Hall–Kier alpha value is -0.0800. The van der Waals surface area contributed by atoms with Crippen LogP contribution in [0.5, 0.6) is 0 Å². The van der Waals surface area contributed by atoms with Crippen molar-refractivity contribution in [3.05, 3.63) is 0 Å². The van der Waals surface area contributed by atoms with E-state index in [2.05, 4.69) is 24.3 Å². The molecule has 1 unspecified atom stereocenters. The lowest BCUT2D eigenvalue weighted by molar-refractivity contribution is 0.279. The van der Waals surface area contributed by atoms with Gasteiger partial charge in [-0.2, -0.15) is 0 Å². The Kier molecular flexibility index (Phi) is 2.61. The van der Waals surface area contributed by atoms with Crippen molar-refractivity contribution in [2.75, 3.05) is 20.6 Å². The van der Waals surface area contributed by atoms with E-state index >= 15 is 0 Å². The molecule has 1 aliphatic heterocycles. The molecule has 1 atom stereocenters. The van der Waals surface area contributed by atoms with Crippen LogP contribution in [0.2, 0.25) is 0 Å². The molecule has 2 fully saturated rings. The fourth-order valence-corrected chi connectivity index (χ4v) is 2.56. The van der Waals surface area contributed by atoms with Crippen molar-refractivity contribution >= 4 is 0 Å². The summed E-state index contributed by atoms with van der Waals surface area (Å²) in [5, 5.41) is 3.47. The monoisotopic (exact) mass is 182 g/mol. The van der Waals surface area contributed by atoms with E-state index in [1.807, 2.05) is 0 Å². The van der Waals surface area contributed by atoms with Gasteiger partial charge in [-0.15, -0.1) is 0 Å². The van der Waals surface area contributed by atoms with Gasteiger partial charge in [0.15, 0.2) is 0 Å². The van der Waals surface area contributed by atoms with Crippen molar-refractivity contribution in [2.24, 2.45) is 0 Å². The summed E-state index contributed by atoms with van der Waals surface area (Å²) in [5.74, 6) is 0. The van der Waals surface area contributed by atoms with Crippen molar-refractivity contribution in [3.63, 3.8) is 0 Å². The van der Waals surface area contributed by atoms with Crippen LogP contribution in [0.4, 0.5) is 0 Å². The molecule has 0 spiro atoms. The molecule has 0 aromatic rings. The quantitative estimate of drug-likeness (QED) is 0.710. The smallest absolute Gasteiger partial charge is 0.0180 e. The van der Waals surface area contributed by atoms with E-state index in [4.69, 9.17) is 0 Å². The first-order chi connectivity index (χ1) is 6.26. The second-order valence-corrected chi connectivity index (χ2v) is 4.85. The molecule has 1 saturated carbocycles. The highest BCUT2D eigenvalue weighted by Gasteiger charge is 2.41. The fraction of sp³-hybridized carbons (Fsp3) is 1.00. The molecule has 0 bridgehead atoms. The van der Waals surface area contributed by atoms with Gasteiger partial charge < -0.3 is 10.2 Å². The van der Waals surface area contributed by atoms with Crippen LogP contribution in [0.1, 0.15) is 38.5 Å². The van der Waals surface area contributed by atoms with Crippen molar-refractivity contribution < 1.29 is 0 Å². The molecule has 2 aliphatic rings. The summed E-state index contributed by atoms with van der Waals surface area (Å²) in [7, 11) is 4.39. The largest absolute Gasteiger partial charge is 0.314 e. The van der Waals surface area contributed by atoms with Gasteiger partial charge in [0.1, 0.15) is 0 Å². The SMILES string of the molecule is CNC1(CCC2CCCN2C)CC1. The summed E-state index contributed by atoms with van der Waals surface area (Å²) in [6.45, 7) is 1.32. The molecule has 13 heavy (non-hydrogen) atoms. The molecular formula is C11H22N2. The van der Waals surface area contributed by atoms with Gasteiger partial charge in [0, 0.05) is 11.6 Å². The zero-order valence-corrected chi connectivity index (χ0v) is 8.97. The third-order valence-electron chi connectivity index (χ3n) is 4.01. The maximum atomic E-state index is 3.47. The first kappa shape index (κ1) is 9.47. The minimum absolute atomic E-state index is 0.559.